The average Bonchev–Trinajstić information content (AvgIpc) is 3.37. The zero-order valence-electron chi connectivity index (χ0n) is 17.1. The van der Waals surface area contributed by atoms with Crippen molar-refractivity contribution in [3.8, 4) is 22.8 Å². The van der Waals surface area contributed by atoms with Gasteiger partial charge in [0.05, 0.1) is 35.5 Å². The fraction of sp³-hybridized carbons (Fsp3) is 0.304. The van der Waals surface area contributed by atoms with E-state index in [4.69, 9.17) is 14.5 Å². The molecule has 2 aromatic heterocycles. The molecule has 154 valence electrons. The molecule has 1 aliphatic heterocycles. The predicted octanol–water partition coefficient (Wildman–Crippen LogP) is 4.35. The van der Waals surface area contributed by atoms with Crippen LogP contribution in [0.3, 0.4) is 0 Å². The molecule has 2 aromatic carbocycles. The van der Waals surface area contributed by atoms with Gasteiger partial charge in [-0.1, -0.05) is 0 Å². The normalized spacial score (nSPS) is 19.9. The summed E-state index contributed by atoms with van der Waals surface area (Å²) < 4.78 is 11.9. The lowest BCUT2D eigenvalue weighted by Crippen LogP contribution is -2.44. The second kappa shape index (κ2) is 7.93. The van der Waals surface area contributed by atoms with Crippen LogP contribution in [0.1, 0.15) is 19.7 Å². The standard InChI is InChI=1S/C23H25N5O2/c1-15-12-28(13-16(2)29-15)14-23-25-21-8-7-19(11-22(21)26-23)30-18-5-3-17(4-6-18)20-9-10-24-27-20/h3-11,15-16H,12-14H2,1-2H3,(H,24,27)(H,25,26)/t15-,16+. The van der Waals surface area contributed by atoms with E-state index in [1.165, 1.54) is 0 Å². The van der Waals surface area contributed by atoms with Gasteiger partial charge in [-0.05, 0) is 61.9 Å². The number of hydrogen-bond acceptors (Lipinski definition) is 5. The van der Waals surface area contributed by atoms with Crippen LogP contribution in [0, 0.1) is 0 Å². The first kappa shape index (κ1) is 18.8. The maximum absolute atomic E-state index is 6.05. The van der Waals surface area contributed by atoms with E-state index in [-0.39, 0.29) is 12.2 Å². The Balaban J connectivity index is 1.29. The summed E-state index contributed by atoms with van der Waals surface area (Å²) >= 11 is 0. The van der Waals surface area contributed by atoms with Gasteiger partial charge in [0.1, 0.15) is 17.3 Å². The van der Waals surface area contributed by atoms with Gasteiger partial charge in [0.2, 0.25) is 0 Å². The van der Waals surface area contributed by atoms with Gasteiger partial charge in [0, 0.05) is 25.4 Å². The molecule has 30 heavy (non-hydrogen) atoms. The van der Waals surface area contributed by atoms with E-state index in [0.717, 1.165) is 59.2 Å². The summed E-state index contributed by atoms with van der Waals surface area (Å²) in [5, 5.41) is 6.96. The van der Waals surface area contributed by atoms with Gasteiger partial charge in [0.25, 0.3) is 0 Å². The minimum absolute atomic E-state index is 0.248. The molecule has 4 aromatic rings. The minimum atomic E-state index is 0.248. The van der Waals surface area contributed by atoms with E-state index >= 15 is 0 Å². The summed E-state index contributed by atoms with van der Waals surface area (Å²) in [5.74, 6) is 2.53. The lowest BCUT2D eigenvalue weighted by molar-refractivity contribution is -0.0710. The number of fused-ring (bicyclic) bond motifs is 1. The Hall–Kier alpha value is -3.16. The monoisotopic (exact) mass is 403 g/mol. The number of rotatable bonds is 5. The molecule has 2 N–H and O–H groups in total. The van der Waals surface area contributed by atoms with Crippen LogP contribution in [0.4, 0.5) is 0 Å². The molecule has 0 aliphatic carbocycles. The van der Waals surface area contributed by atoms with Crippen LogP contribution < -0.4 is 4.74 Å². The van der Waals surface area contributed by atoms with Crippen molar-refractivity contribution in [1.82, 2.24) is 25.1 Å². The number of morpholine rings is 1. The second-order valence-corrected chi connectivity index (χ2v) is 7.91. The molecule has 5 rings (SSSR count). The number of nitrogens with one attached hydrogen (secondary N) is 2. The number of hydrogen-bond donors (Lipinski definition) is 2. The Kier molecular flexibility index (Phi) is 4.98. The Labute approximate surface area is 175 Å². The van der Waals surface area contributed by atoms with Crippen molar-refractivity contribution in [2.24, 2.45) is 0 Å². The number of imidazole rings is 1. The quantitative estimate of drug-likeness (QED) is 0.518. The maximum Gasteiger partial charge on any atom is 0.129 e. The van der Waals surface area contributed by atoms with Crippen LogP contribution in [0.5, 0.6) is 11.5 Å². The van der Waals surface area contributed by atoms with Crippen molar-refractivity contribution in [2.75, 3.05) is 13.1 Å². The summed E-state index contributed by atoms with van der Waals surface area (Å²) in [5.41, 5.74) is 3.98. The van der Waals surface area contributed by atoms with Gasteiger partial charge in [-0.25, -0.2) is 4.98 Å². The van der Waals surface area contributed by atoms with Crippen molar-refractivity contribution in [2.45, 2.75) is 32.6 Å². The fourth-order valence-electron chi connectivity index (χ4n) is 4.06. The lowest BCUT2D eigenvalue weighted by atomic mass is 10.1. The van der Waals surface area contributed by atoms with E-state index in [1.807, 2.05) is 48.5 Å². The highest BCUT2D eigenvalue weighted by atomic mass is 16.5. The Morgan fingerprint density at radius 1 is 1.03 bits per heavy atom. The molecule has 3 heterocycles. The van der Waals surface area contributed by atoms with Crippen LogP contribution in [-0.4, -0.2) is 50.4 Å². The molecule has 0 bridgehead atoms. The van der Waals surface area contributed by atoms with E-state index in [1.54, 1.807) is 6.20 Å². The number of aromatic nitrogens is 4. The molecule has 7 heteroatoms. The molecule has 2 atom stereocenters. The molecular formula is C23H25N5O2. The van der Waals surface area contributed by atoms with Crippen molar-refractivity contribution in [1.29, 1.82) is 0 Å². The summed E-state index contributed by atoms with van der Waals surface area (Å²) in [4.78, 5) is 10.6. The Bertz CT molecular complexity index is 1110. The van der Waals surface area contributed by atoms with Crippen molar-refractivity contribution >= 4 is 11.0 Å². The molecule has 1 aliphatic rings. The smallest absolute Gasteiger partial charge is 0.129 e. The molecule has 0 unspecified atom stereocenters. The van der Waals surface area contributed by atoms with Gasteiger partial charge < -0.3 is 14.5 Å². The highest BCUT2D eigenvalue weighted by Gasteiger charge is 2.23. The topological polar surface area (TPSA) is 79.1 Å². The summed E-state index contributed by atoms with van der Waals surface area (Å²) in [6, 6.07) is 15.8. The molecule has 7 nitrogen and oxygen atoms in total. The molecule has 1 fully saturated rings. The van der Waals surface area contributed by atoms with Gasteiger partial charge in [-0.15, -0.1) is 0 Å². The zero-order valence-corrected chi connectivity index (χ0v) is 17.1. The zero-order chi connectivity index (χ0) is 20.5. The van der Waals surface area contributed by atoms with Gasteiger partial charge in [-0.2, -0.15) is 5.10 Å². The molecule has 1 saturated heterocycles. The third kappa shape index (κ3) is 4.08. The largest absolute Gasteiger partial charge is 0.457 e. The maximum atomic E-state index is 6.05. The highest BCUT2D eigenvalue weighted by molar-refractivity contribution is 5.77. The number of aromatic amines is 2. The molecule has 0 amide bonds. The number of H-pyrrole nitrogens is 2. The summed E-state index contributed by atoms with van der Waals surface area (Å²) in [6.45, 7) is 6.87. The van der Waals surface area contributed by atoms with Crippen LogP contribution >= 0.6 is 0 Å². The Morgan fingerprint density at radius 3 is 2.53 bits per heavy atom. The van der Waals surface area contributed by atoms with Gasteiger partial charge >= 0.3 is 0 Å². The van der Waals surface area contributed by atoms with Crippen LogP contribution in [0.15, 0.2) is 54.7 Å². The van der Waals surface area contributed by atoms with Crippen molar-refractivity contribution in [3.05, 3.63) is 60.6 Å². The summed E-state index contributed by atoms with van der Waals surface area (Å²) in [7, 11) is 0. The predicted molar refractivity (Wildman–Crippen MR) is 115 cm³/mol. The van der Waals surface area contributed by atoms with E-state index in [0.29, 0.717) is 0 Å². The van der Waals surface area contributed by atoms with Crippen molar-refractivity contribution in [3.63, 3.8) is 0 Å². The molecule has 0 spiro atoms. The minimum Gasteiger partial charge on any atom is -0.457 e. The number of nitrogens with zero attached hydrogens (tertiary/aromatic N) is 3. The summed E-state index contributed by atoms with van der Waals surface area (Å²) in [6.07, 6.45) is 2.24. The van der Waals surface area contributed by atoms with Crippen LogP contribution in [-0.2, 0) is 11.3 Å². The number of benzene rings is 2. The average molecular weight is 403 g/mol. The van der Waals surface area contributed by atoms with Crippen LogP contribution in [0.25, 0.3) is 22.3 Å². The number of ether oxygens (including phenoxy) is 2. The molecule has 0 radical (unpaired) electrons. The fourth-order valence-corrected chi connectivity index (χ4v) is 4.06. The molecule has 0 saturated carbocycles. The highest BCUT2D eigenvalue weighted by Crippen LogP contribution is 2.27. The molecular weight excluding hydrogens is 378 g/mol. The third-order valence-electron chi connectivity index (χ3n) is 5.27. The second-order valence-electron chi connectivity index (χ2n) is 7.91. The Morgan fingerprint density at radius 2 is 1.80 bits per heavy atom. The van der Waals surface area contributed by atoms with Crippen molar-refractivity contribution < 1.29 is 9.47 Å². The van der Waals surface area contributed by atoms with Gasteiger partial charge in [-0.3, -0.25) is 10.00 Å². The van der Waals surface area contributed by atoms with Gasteiger partial charge in [0.15, 0.2) is 0 Å². The third-order valence-corrected chi connectivity index (χ3v) is 5.27. The van der Waals surface area contributed by atoms with E-state index in [9.17, 15) is 0 Å². The first-order valence-corrected chi connectivity index (χ1v) is 10.3. The lowest BCUT2D eigenvalue weighted by Gasteiger charge is -2.34. The SMILES string of the molecule is C[C@@H]1CN(Cc2nc3ccc(Oc4ccc(-c5ccn[nH]5)cc4)cc3[nH]2)C[C@H](C)O1. The van der Waals surface area contributed by atoms with Crippen LogP contribution in [0.2, 0.25) is 0 Å². The first-order chi connectivity index (χ1) is 14.6. The van der Waals surface area contributed by atoms with E-state index in [2.05, 4.69) is 33.9 Å². The van der Waals surface area contributed by atoms with E-state index < -0.39 is 0 Å². The first-order valence-electron chi connectivity index (χ1n) is 10.3.